The average Bonchev–Trinajstić information content (AvgIpc) is 2.61. The van der Waals surface area contributed by atoms with Gasteiger partial charge in [-0.25, -0.2) is 0 Å². The predicted octanol–water partition coefficient (Wildman–Crippen LogP) is 1.83. The van der Waals surface area contributed by atoms with Crippen LogP contribution in [0.5, 0.6) is 11.5 Å². The molecule has 6 nitrogen and oxygen atoms in total. The van der Waals surface area contributed by atoms with Crippen LogP contribution in [0.15, 0.2) is 18.2 Å². The van der Waals surface area contributed by atoms with Crippen molar-refractivity contribution in [2.75, 3.05) is 27.3 Å². The van der Waals surface area contributed by atoms with Crippen molar-refractivity contribution in [3.05, 3.63) is 23.8 Å². The van der Waals surface area contributed by atoms with E-state index in [9.17, 15) is 9.59 Å². The summed E-state index contributed by atoms with van der Waals surface area (Å²) in [6, 6.07) is 5.19. The largest absolute Gasteiger partial charge is 0.497 e. The molecule has 2 amide bonds. The van der Waals surface area contributed by atoms with Crippen molar-refractivity contribution in [2.24, 2.45) is 0 Å². The molecule has 0 spiro atoms. The summed E-state index contributed by atoms with van der Waals surface area (Å²) in [5.41, 5.74) is 0.508. The Labute approximate surface area is 136 Å². The topological polar surface area (TPSA) is 67.9 Å². The van der Waals surface area contributed by atoms with Crippen LogP contribution < -0.4 is 14.8 Å². The summed E-state index contributed by atoms with van der Waals surface area (Å²) in [6.45, 7) is 3.25. The van der Waals surface area contributed by atoms with E-state index in [0.29, 0.717) is 36.6 Å². The van der Waals surface area contributed by atoms with Gasteiger partial charge in [0.15, 0.2) is 0 Å². The van der Waals surface area contributed by atoms with Gasteiger partial charge >= 0.3 is 0 Å². The smallest absolute Gasteiger partial charge is 0.251 e. The van der Waals surface area contributed by atoms with Crippen LogP contribution in [-0.4, -0.2) is 50.1 Å². The summed E-state index contributed by atoms with van der Waals surface area (Å²) in [7, 11) is 3.11. The van der Waals surface area contributed by atoms with Gasteiger partial charge in [0.25, 0.3) is 5.91 Å². The van der Waals surface area contributed by atoms with Gasteiger partial charge in [0.2, 0.25) is 5.91 Å². The van der Waals surface area contributed by atoms with Gasteiger partial charge in [0.05, 0.1) is 14.2 Å². The van der Waals surface area contributed by atoms with Crippen LogP contribution in [0.2, 0.25) is 0 Å². The lowest BCUT2D eigenvalue weighted by Crippen LogP contribution is -2.46. The molecular weight excluding hydrogens is 296 g/mol. The minimum absolute atomic E-state index is 0.0839. The van der Waals surface area contributed by atoms with Crippen LogP contribution in [0.1, 0.15) is 36.5 Å². The number of hydrogen-bond donors (Lipinski definition) is 1. The molecule has 0 aliphatic carbocycles. The maximum atomic E-state index is 12.4. The van der Waals surface area contributed by atoms with Crippen molar-refractivity contribution in [1.29, 1.82) is 0 Å². The Morgan fingerprint density at radius 3 is 2.17 bits per heavy atom. The zero-order chi connectivity index (χ0) is 16.8. The molecule has 6 heteroatoms. The Bertz CT molecular complexity index is 543. The minimum Gasteiger partial charge on any atom is -0.497 e. The van der Waals surface area contributed by atoms with E-state index in [1.165, 1.54) is 0 Å². The fourth-order valence-corrected chi connectivity index (χ4v) is 2.70. The standard InChI is InChI=1S/C17H24N2O4/c1-4-16(20)19-7-5-13(6-8-19)18-17(21)12-9-14(22-2)11-15(10-12)23-3/h9-11,13H,4-8H2,1-3H3,(H,18,21). The number of carbonyl (C=O) groups excluding carboxylic acids is 2. The van der Waals surface area contributed by atoms with E-state index in [4.69, 9.17) is 9.47 Å². The molecule has 23 heavy (non-hydrogen) atoms. The number of benzene rings is 1. The lowest BCUT2D eigenvalue weighted by atomic mass is 10.0. The molecule has 0 unspecified atom stereocenters. The zero-order valence-electron chi connectivity index (χ0n) is 13.9. The second-order valence-corrected chi connectivity index (χ2v) is 5.58. The minimum atomic E-state index is -0.150. The zero-order valence-corrected chi connectivity index (χ0v) is 13.9. The maximum Gasteiger partial charge on any atom is 0.251 e. The molecule has 1 aliphatic heterocycles. The first-order valence-electron chi connectivity index (χ1n) is 7.89. The monoisotopic (exact) mass is 320 g/mol. The quantitative estimate of drug-likeness (QED) is 0.899. The highest BCUT2D eigenvalue weighted by atomic mass is 16.5. The first-order valence-corrected chi connectivity index (χ1v) is 7.89. The van der Waals surface area contributed by atoms with E-state index < -0.39 is 0 Å². The van der Waals surface area contributed by atoms with Gasteiger partial charge in [-0.2, -0.15) is 0 Å². The molecule has 2 rings (SSSR count). The van der Waals surface area contributed by atoms with Crippen molar-refractivity contribution in [3.63, 3.8) is 0 Å². The molecule has 0 aromatic heterocycles. The molecule has 126 valence electrons. The Hall–Kier alpha value is -2.24. The second kappa shape index (κ2) is 7.85. The summed E-state index contributed by atoms with van der Waals surface area (Å²) >= 11 is 0. The average molecular weight is 320 g/mol. The molecule has 1 N–H and O–H groups in total. The Morgan fingerprint density at radius 2 is 1.70 bits per heavy atom. The molecule has 1 fully saturated rings. The fraction of sp³-hybridized carbons (Fsp3) is 0.529. The molecular formula is C17H24N2O4. The third kappa shape index (κ3) is 4.37. The van der Waals surface area contributed by atoms with Gasteiger partial charge in [-0.3, -0.25) is 9.59 Å². The summed E-state index contributed by atoms with van der Waals surface area (Å²) in [5, 5.41) is 3.03. The fourth-order valence-electron chi connectivity index (χ4n) is 2.70. The third-order valence-electron chi connectivity index (χ3n) is 4.10. The molecule has 1 aromatic carbocycles. The first kappa shape index (κ1) is 17.1. The Balaban J connectivity index is 1.96. The second-order valence-electron chi connectivity index (χ2n) is 5.58. The molecule has 0 saturated carbocycles. The SMILES string of the molecule is CCC(=O)N1CCC(NC(=O)c2cc(OC)cc(OC)c2)CC1. The van der Waals surface area contributed by atoms with E-state index in [-0.39, 0.29) is 17.9 Å². The number of nitrogens with one attached hydrogen (secondary N) is 1. The molecule has 0 atom stereocenters. The Morgan fingerprint density at radius 1 is 1.13 bits per heavy atom. The van der Waals surface area contributed by atoms with Crippen LogP contribution in [-0.2, 0) is 4.79 Å². The number of rotatable bonds is 5. The van der Waals surface area contributed by atoms with Crippen LogP contribution in [0, 0.1) is 0 Å². The molecule has 1 aromatic rings. The van der Waals surface area contributed by atoms with Crippen molar-refractivity contribution < 1.29 is 19.1 Å². The van der Waals surface area contributed by atoms with E-state index in [1.807, 2.05) is 11.8 Å². The summed E-state index contributed by atoms with van der Waals surface area (Å²) < 4.78 is 10.4. The van der Waals surface area contributed by atoms with E-state index in [0.717, 1.165) is 12.8 Å². The highest BCUT2D eigenvalue weighted by Gasteiger charge is 2.23. The van der Waals surface area contributed by atoms with E-state index in [1.54, 1.807) is 32.4 Å². The number of amides is 2. The van der Waals surface area contributed by atoms with Crippen LogP contribution in [0.4, 0.5) is 0 Å². The summed E-state index contributed by atoms with van der Waals surface area (Å²) in [4.78, 5) is 25.9. The van der Waals surface area contributed by atoms with Gasteiger partial charge in [-0.05, 0) is 25.0 Å². The molecule has 1 aliphatic rings. The number of nitrogens with zero attached hydrogens (tertiary/aromatic N) is 1. The lowest BCUT2D eigenvalue weighted by molar-refractivity contribution is -0.131. The Kier molecular flexibility index (Phi) is 5.84. The number of hydrogen-bond acceptors (Lipinski definition) is 4. The van der Waals surface area contributed by atoms with Gasteiger partial charge < -0.3 is 19.7 Å². The number of likely N-dealkylation sites (tertiary alicyclic amines) is 1. The van der Waals surface area contributed by atoms with Gasteiger partial charge in [0.1, 0.15) is 11.5 Å². The number of methoxy groups -OCH3 is 2. The highest BCUT2D eigenvalue weighted by molar-refractivity contribution is 5.95. The lowest BCUT2D eigenvalue weighted by Gasteiger charge is -2.32. The first-order chi connectivity index (χ1) is 11.1. The molecule has 0 bridgehead atoms. The number of ether oxygens (including phenoxy) is 2. The normalized spacial score (nSPS) is 15.2. The number of piperidine rings is 1. The maximum absolute atomic E-state index is 12.4. The van der Waals surface area contributed by atoms with Crippen LogP contribution >= 0.6 is 0 Å². The molecule has 0 radical (unpaired) electrons. The van der Waals surface area contributed by atoms with E-state index >= 15 is 0 Å². The van der Waals surface area contributed by atoms with E-state index in [2.05, 4.69) is 5.32 Å². The van der Waals surface area contributed by atoms with Gasteiger partial charge in [0, 0.05) is 37.2 Å². The summed E-state index contributed by atoms with van der Waals surface area (Å²) in [6.07, 6.45) is 2.08. The predicted molar refractivity (Wildman–Crippen MR) is 86.9 cm³/mol. The van der Waals surface area contributed by atoms with Crippen molar-refractivity contribution in [1.82, 2.24) is 10.2 Å². The molecule has 1 saturated heterocycles. The third-order valence-corrected chi connectivity index (χ3v) is 4.10. The van der Waals surface area contributed by atoms with Gasteiger partial charge in [-0.15, -0.1) is 0 Å². The summed E-state index contributed by atoms with van der Waals surface area (Å²) in [5.74, 6) is 1.19. The van der Waals surface area contributed by atoms with Crippen LogP contribution in [0.25, 0.3) is 0 Å². The van der Waals surface area contributed by atoms with Crippen molar-refractivity contribution in [3.8, 4) is 11.5 Å². The highest BCUT2D eigenvalue weighted by Crippen LogP contribution is 2.23. The number of carbonyl (C=O) groups is 2. The van der Waals surface area contributed by atoms with Crippen molar-refractivity contribution in [2.45, 2.75) is 32.2 Å². The van der Waals surface area contributed by atoms with Crippen molar-refractivity contribution >= 4 is 11.8 Å². The van der Waals surface area contributed by atoms with Crippen LogP contribution in [0.3, 0.4) is 0 Å². The van der Waals surface area contributed by atoms with Gasteiger partial charge in [-0.1, -0.05) is 6.92 Å². The molecule has 1 heterocycles.